The Morgan fingerprint density at radius 3 is 2.68 bits per heavy atom. The van der Waals surface area contributed by atoms with E-state index in [1.807, 2.05) is 55.4 Å². The third-order valence-electron chi connectivity index (χ3n) is 3.28. The fraction of sp³-hybridized carbons (Fsp3) is 0.176. The number of hydrogen-bond donors (Lipinski definition) is 1. The first-order valence-electron chi connectivity index (χ1n) is 7.45. The van der Waals surface area contributed by atoms with Crippen LogP contribution in [0.4, 0.5) is 21.0 Å². The molecule has 0 aliphatic heterocycles. The summed E-state index contributed by atoms with van der Waals surface area (Å²) >= 11 is 3.56. The average Bonchev–Trinajstić information content (AvgIpc) is 3.06. The molecule has 0 spiro atoms. The van der Waals surface area contributed by atoms with E-state index < -0.39 is 6.67 Å². The van der Waals surface area contributed by atoms with Crippen LogP contribution in [0.2, 0.25) is 0 Å². The van der Waals surface area contributed by atoms with Gasteiger partial charge in [-0.25, -0.2) is 9.37 Å². The topological polar surface area (TPSA) is 50.3 Å². The van der Waals surface area contributed by atoms with Gasteiger partial charge in [-0.3, -0.25) is 0 Å². The lowest BCUT2D eigenvalue weighted by Gasteiger charge is -2.16. The molecule has 2 aromatic heterocycles. The zero-order valence-electron chi connectivity index (χ0n) is 13.7. The molecular formula is C17H16FIN4OS. The molecule has 0 atom stereocenters. The van der Waals surface area contributed by atoms with E-state index in [4.69, 9.17) is 4.74 Å². The van der Waals surface area contributed by atoms with Gasteiger partial charge in [-0.2, -0.15) is 4.98 Å². The van der Waals surface area contributed by atoms with Crippen molar-refractivity contribution in [1.82, 2.24) is 9.97 Å². The molecule has 0 aliphatic rings. The van der Waals surface area contributed by atoms with Crippen molar-refractivity contribution in [2.75, 3.05) is 24.3 Å². The van der Waals surface area contributed by atoms with Gasteiger partial charge < -0.3 is 15.0 Å². The van der Waals surface area contributed by atoms with Gasteiger partial charge >= 0.3 is 0 Å². The van der Waals surface area contributed by atoms with E-state index in [2.05, 4.69) is 37.9 Å². The number of aromatic nitrogens is 2. The standard InChI is InChI=1S/C17H16FIN4OS/c1-23(2)15-8-7-13(21-17-20-11(9-18)10-25-17)16(22-15)24-14-6-4-3-5-12(14)19/h3-8,10H,9H2,1-2H3,(H,20,21). The van der Waals surface area contributed by atoms with Crippen LogP contribution in [-0.4, -0.2) is 24.1 Å². The minimum atomic E-state index is -0.582. The van der Waals surface area contributed by atoms with Crippen LogP contribution in [0, 0.1) is 3.57 Å². The molecule has 3 aromatic rings. The van der Waals surface area contributed by atoms with Crippen LogP contribution >= 0.6 is 33.9 Å². The van der Waals surface area contributed by atoms with Gasteiger partial charge in [0.05, 0.1) is 9.26 Å². The Labute approximate surface area is 163 Å². The molecule has 0 saturated heterocycles. The maximum Gasteiger partial charge on any atom is 0.245 e. The van der Waals surface area contributed by atoms with Gasteiger partial charge in [-0.15, -0.1) is 11.3 Å². The van der Waals surface area contributed by atoms with Crippen LogP contribution in [0.25, 0.3) is 0 Å². The highest BCUT2D eigenvalue weighted by Gasteiger charge is 2.13. The average molecular weight is 470 g/mol. The number of benzene rings is 1. The Morgan fingerprint density at radius 1 is 1.20 bits per heavy atom. The minimum absolute atomic E-state index is 0.408. The molecule has 0 unspecified atom stereocenters. The van der Waals surface area contributed by atoms with Crippen molar-refractivity contribution in [2.45, 2.75) is 6.67 Å². The molecule has 1 N–H and O–H groups in total. The SMILES string of the molecule is CN(C)c1ccc(Nc2nc(CF)cs2)c(Oc2ccccc2I)n1. The maximum atomic E-state index is 12.7. The number of rotatable bonds is 6. The summed E-state index contributed by atoms with van der Waals surface area (Å²) in [5.74, 6) is 1.93. The first-order chi connectivity index (χ1) is 12.1. The molecule has 5 nitrogen and oxygen atoms in total. The van der Waals surface area contributed by atoms with Crippen LogP contribution in [0.1, 0.15) is 5.69 Å². The summed E-state index contributed by atoms with van der Waals surface area (Å²) in [5.41, 5.74) is 1.08. The largest absolute Gasteiger partial charge is 0.436 e. The Hall–Kier alpha value is -1.94. The fourth-order valence-electron chi connectivity index (χ4n) is 2.03. The zero-order chi connectivity index (χ0) is 17.8. The third kappa shape index (κ3) is 4.37. The second-order valence-corrected chi connectivity index (χ2v) is 7.37. The molecule has 2 heterocycles. The fourth-order valence-corrected chi connectivity index (χ4v) is 3.23. The lowest BCUT2D eigenvalue weighted by atomic mass is 10.3. The molecule has 0 aliphatic carbocycles. The zero-order valence-corrected chi connectivity index (χ0v) is 16.6. The molecule has 130 valence electrons. The lowest BCUT2D eigenvalue weighted by Crippen LogP contribution is -2.11. The van der Waals surface area contributed by atoms with Crippen LogP contribution in [0.15, 0.2) is 41.8 Å². The normalized spacial score (nSPS) is 10.6. The molecular weight excluding hydrogens is 454 g/mol. The molecule has 3 rings (SSSR count). The first-order valence-corrected chi connectivity index (χ1v) is 9.41. The molecule has 8 heteroatoms. The Morgan fingerprint density at radius 2 is 2.00 bits per heavy atom. The van der Waals surface area contributed by atoms with Gasteiger partial charge in [-0.05, 0) is 46.9 Å². The van der Waals surface area contributed by atoms with Crippen LogP contribution < -0.4 is 15.0 Å². The summed E-state index contributed by atoms with van der Waals surface area (Å²) in [7, 11) is 3.83. The molecule has 0 saturated carbocycles. The quantitative estimate of drug-likeness (QED) is 0.501. The second kappa shape index (κ2) is 7.96. The number of para-hydroxylation sites is 1. The number of nitrogens with zero attached hydrogens (tertiary/aromatic N) is 3. The number of pyridine rings is 1. The van der Waals surface area contributed by atoms with E-state index >= 15 is 0 Å². The number of ether oxygens (including phenoxy) is 1. The van der Waals surface area contributed by atoms with Crippen molar-refractivity contribution in [3.05, 3.63) is 51.0 Å². The molecule has 0 amide bonds. The highest BCUT2D eigenvalue weighted by molar-refractivity contribution is 14.1. The first kappa shape index (κ1) is 17.9. The summed E-state index contributed by atoms with van der Waals surface area (Å²) in [6, 6.07) is 11.5. The number of alkyl halides is 1. The Balaban J connectivity index is 1.94. The van der Waals surface area contributed by atoms with Crippen molar-refractivity contribution < 1.29 is 9.13 Å². The van der Waals surface area contributed by atoms with Crippen LogP contribution in [0.3, 0.4) is 0 Å². The van der Waals surface area contributed by atoms with Crippen molar-refractivity contribution in [2.24, 2.45) is 0 Å². The van der Waals surface area contributed by atoms with Gasteiger partial charge in [0.1, 0.15) is 23.9 Å². The molecule has 0 fully saturated rings. The van der Waals surface area contributed by atoms with E-state index in [-0.39, 0.29) is 0 Å². The van der Waals surface area contributed by atoms with Crippen molar-refractivity contribution in [3.63, 3.8) is 0 Å². The highest BCUT2D eigenvalue weighted by Crippen LogP contribution is 2.34. The van der Waals surface area contributed by atoms with E-state index in [1.54, 1.807) is 5.38 Å². The minimum Gasteiger partial charge on any atom is -0.436 e. The van der Waals surface area contributed by atoms with E-state index in [9.17, 15) is 4.39 Å². The summed E-state index contributed by atoms with van der Waals surface area (Å²) in [4.78, 5) is 10.7. The molecule has 25 heavy (non-hydrogen) atoms. The van der Waals surface area contributed by atoms with Crippen molar-refractivity contribution >= 4 is 50.6 Å². The lowest BCUT2D eigenvalue weighted by molar-refractivity contribution is 0.462. The highest BCUT2D eigenvalue weighted by atomic mass is 127. The number of thiazole rings is 1. The van der Waals surface area contributed by atoms with Crippen molar-refractivity contribution in [1.29, 1.82) is 0 Å². The third-order valence-corrected chi connectivity index (χ3v) is 4.98. The van der Waals surface area contributed by atoms with E-state index in [1.165, 1.54) is 11.3 Å². The van der Waals surface area contributed by atoms with Gasteiger partial charge in [0.25, 0.3) is 0 Å². The van der Waals surface area contributed by atoms with Gasteiger partial charge in [0, 0.05) is 19.5 Å². The monoisotopic (exact) mass is 470 g/mol. The predicted molar refractivity (Wildman–Crippen MR) is 108 cm³/mol. The van der Waals surface area contributed by atoms with Gasteiger partial charge in [0.15, 0.2) is 5.13 Å². The number of hydrogen-bond acceptors (Lipinski definition) is 6. The van der Waals surface area contributed by atoms with Crippen molar-refractivity contribution in [3.8, 4) is 11.6 Å². The second-order valence-electron chi connectivity index (χ2n) is 5.35. The summed E-state index contributed by atoms with van der Waals surface area (Å²) in [5, 5.41) is 5.45. The van der Waals surface area contributed by atoms with E-state index in [0.717, 1.165) is 15.1 Å². The van der Waals surface area contributed by atoms with Crippen LogP contribution in [-0.2, 0) is 6.67 Å². The molecule has 0 bridgehead atoms. The summed E-state index contributed by atoms with van der Waals surface area (Å²) < 4.78 is 19.7. The smallest absolute Gasteiger partial charge is 0.245 e. The van der Waals surface area contributed by atoms with E-state index in [0.29, 0.717) is 22.4 Å². The Bertz CT molecular complexity index is 871. The molecule has 1 aromatic carbocycles. The number of nitrogens with one attached hydrogen (secondary N) is 1. The maximum absolute atomic E-state index is 12.7. The van der Waals surface area contributed by atoms with Gasteiger partial charge in [0.2, 0.25) is 5.88 Å². The van der Waals surface area contributed by atoms with Gasteiger partial charge in [-0.1, -0.05) is 12.1 Å². The number of halogens is 2. The number of anilines is 3. The van der Waals surface area contributed by atoms with Crippen LogP contribution in [0.5, 0.6) is 11.6 Å². The Kier molecular flexibility index (Phi) is 5.69. The predicted octanol–water partition coefficient (Wildman–Crippen LogP) is 5.21. The summed E-state index contributed by atoms with van der Waals surface area (Å²) in [6.07, 6.45) is 0. The summed E-state index contributed by atoms with van der Waals surface area (Å²) in [6.45, 7) is -0.582. The molecule has 0 radical (unpaired) electrons.